The molecule has 0 aromatic rings. The van der Waals surface area contributed by atoms with Crippen LogP contribution < -0.4 is 11.1 Å². The predicted molar refractivity (Wildman–Crippen MR) is 74.7 cm³/mol. The third-order valence-corrected chi connectivity index (χ3v) is 6.52. The van der Waals surface area contributed by atoms with Gasteiger partial charge in [0.15, 0.2) is 0 Å². The van der Waals surface area contributed by atoms with E-state index in [2.05, 4.69) is 18.0 Å². The molecule has 4 N–H and O–H groups in total. The summed E-state index contributed by atoms with van der Waals surface area (Å²) in [7, 11) is 0. The number of rotatable bonds is 8. The van der Waals surface area contributed by atoms with Gasteiger partial charge >= 0.3 is 109 Å². The van der Waals surface area contributed by atoms with Gasteiger partial charge in [0.1, 0.15) is 0 Å². The van der Waals surface area contributed by atoms with Crippen molar-refractivity contribution in [2.45, 2.75) is 51.0 Å². The Morgan fingerprint density at radius 2 is 2.06 bits per heavy atom. The first kappa shape index (κ1) is 16.5. The van der Waals surface area contributed by atoms with E-state index in [4.69, 9.17) is 11.1 Å². The number of amides is 1. The van der Waals surface area contributed by atoms with E-state index >= 15 is 0 Å². The van der Waals surface area contributed by atoms with Crippen molar-refractivity contribution in [1.29, 1.82) is 5.41 Å². The first-order valence-electron chi connectivity index (χ1n) is 6.14. The molecule has 0 radical (unpaired) electrons. The fourth-order valence-electron chi connectivity index (χ4n) is 1.30. The molecule has 0 spiro atoms. The van der Waals surface area contributed by atoms with Crippen molar-refractivity contribution >= 4 is 25.2 Å². The van der Waals surface area contributed by atoms with Crippen molar-refractivity contribution in [1.82, 2.24) is 5.32 Å². The summed E-state index contributed by atoms with van der Waals surface area (Å²) in [5.74, 6) is 0.122. The van der Waals surface area contributed by atoms with Crippen LogP contribution in [0.1, 0.15) is 40.0 Å². The maximum atomic E-state index is 11.9. The zero-order valence-electron chi connectivity index (χ0n) is 11.5. The number of nitrogens with one attached hydrogen (secondary N) is 2. The SMILES string of the molecule is CCCCNC(=O)C(C)(C)CC[As](C)C(=N)N. The fourth-order valence-corrected chi connectivity index (χ4v) is 3.68. The van der Waals surface area contributed by atoms with Gasteiger partial charge in [0, 0.05) is 0 Å². The molecule has 0 aliphatic rings. The molecule has 0 aromatic carbocycles. The van der Waals surface area contributed by atoms with Gasteiger partial charge in [0.25, 0.3) is 0 Å². The Bertz CT molecular complexity index is 266. The molecule has 0 aliphatic heterocycles. The second kappa shape index (κ2) is 7.75. The van der Waals surface area contributed by atoms with Crippen LogP contribution >= 0.6 is 0 Å². The molecule has 0 saturated heterocycles. The van der Waals surface area contributed by atoms with Gasteiger partial charge in [0.05, 0.1) is 0 Å². The molecule has 100 valence electrons. The van der Waals surface area contributed by atoms with E-state index in [1.807, 2.05) is 13.8 Å². The Hall–Kier alpha value is -0.502. The van der Waals surface area contributed by atoms with Crippen molar-refractivity contribution in [2.24, 2.45) is 11.1 Å². The van der Waals surface area contributed by atoms with E-state index < -0.39 is 14.7 Å². The Balaban J connectivity index is 4.08. The predicted octanol–water partition coefficient (Wildman–Crippen LogP) is 1.92. The van der Waals surface area contributed by atoms with Crippen molar-refractivity contribution < 1.29 is 4.79 Å². The number of hydrogen-bond donors (Lipinski definition) is 3. The first-order chi connectivity index (χ1) is 7.81. The van der Waals surface area contributed by atoms with E-state index in [1.54, 1.807) is 0 Å². The van der Waals surface area contributed by atoms with Crippen LogP contribution in [-0.2, 0) is 4.79 Å². The number of unbranched alkanes of at least 4 members (excludes halogenated alkanes) is 1. The van der Waals surface area contributed by atoms with E-state index in [0.29, 0.717) is 4.62 Å². The summed E-state index contributed by atoms with van der Waals surface area (Å²) < 4.78 is 0.347. The van der Waals surface area contributed by atoms with E-state index in [1.165, 1.54) is 0 Å². The Morgan fingerprint density at radius 3 is 2.53 bits per heavy atom. The molecule has 0 aliphatic carbocycles. The van der Waals surface area contributed by atoms with Crippen LogP contribution in [0.25, 0.3) is 0 Å². The average Bonchev–Trinajstić information content (AvgIpc) is 2.25. The molecule has 4 nitrogen and oxygen atoms in total. The molecule has 0 aromatic heterocycles. The number of hydrogen-bond acceptors (Lipinski definition) is 2. The van der Waals surface area contributed by atoms with Gasteiger partial charge in [0.2, 0.25) is 0 Å². The molecule has 0 fully saturated rings. The fraction of sp³-hybridized carbons (Fsp3) is 0.833. The van der Waals surface area contributed by atoms with Crippen molar-refractivity contribution in [3.63, 3.8) is 0 Å². The number of nitrogens with two attached hydrogens (primary N) is 1. The number of amidine groups is 1. The first-order valence-corrected chi connectivity index (χ1v) is 10.3. The van der Waals surface area contributed by atoms with Crippen molar-refractivity contribution in [3.8, 4) is 0 Å². The Labute approximate surface area is 109 Å². The minimum absolute atomic E-state index is 0.122. The molecule has 0 heterocycles. The van der Waals surface area contributed by atoms with Crippen LogP contribution in [0, 0.1) is 10.8 Å². The van der Waals surface area contributed by atoms with Crippen LogP contribution in [0.4, 0.5) is 0 Å². The standard InChI is InChI=1S/C12H26AsN3O/c1-5-6-9-16-10(17)12(2,3)7-8-13(4)11(14)15/h5-9H2,1-4H3,(H3,14,15)(H,16,17). The third kappa shape index (κ3) is 6.72. The summed E-state index contributed by atoms with van der Waals surface area (Å²) in [6, 6.07) is 0. The normalized spacial score (nSPS) is 13.2. The van der Waals surface area contributed by atoms with Gasteiger partial charge in [-0.15, -0.1) is 0 Å². The molecule has 5 heteroatoms. The molecule has 0 bridgehead atoms. The van der Waals surface area contributed by atoms with Gasteiger partial charge < -0.3 is 0 Å². The number of carbonyl (C=O) groups is 1. The summed E-state index contributed by atoms with van der Waals surface area (Å²) in [5, 5.41) is 11.3. The van der Waals surface area contributed by atoms with E-state index in [0.717, 1.165) is 31.0 Å². The molecule has 1 amide bonds. The van der Waals surface area contributed by atoms with Gasteiger partial charge in [-0.2, -0.15) is 0 Å². The minimum atomic E-state index is -1.33. The van der Waals surface area contributed by atoms with Crippen LogP contribution in [-0.4, -0.2) is 31.7 Å². The molecule has 0 saturated carbocycles. The van der Waals surface area contributed by atoms with Crippen LogP contribution in [0.5, 0.6) is 0 Å². The molecule has 1 atom stereocenters. The van der Waals surface area contributed by atoms with Gasteiger partial charge in [-0.3, -0.25) is 0 Å². The monoisotopic (exact) mass is 303 g/mol. The second-order valence-electron chi connectivity index (χ2n) is 5.05. The Morgan fingerprint density at radius 1 is 1.47 bits per heavy atom. The molecule has 17 heavy (non-hydrogen) atoms. The molecular weight excluding hydrogens is 277 g/mol. The topological polar surface area (TPSA) is 79.0 Å². The van der Waals surface area contributed by atoms with Gasteiger partial charge in [-0.1, -0.05) is 0 Å². The summed E-state index contributed by atoms with van der Waals surface area (Å²) in [5.41, 5.74) is 7.22. The summed E-state index contributed by atoms with van der Waals surface area (Å²) in [6.07, 6.45) is 2.94. The number of carbonyl (C=O) groups excluding carboxylic acids is 1. The molecular formula is C12H26AsN3O. The maximum absolute atomic E-state index is 11.9. The van der Waals surface area contributed by atoms with E-state index in [-0.39, 0.29) is 11.3 Å². The zero-order valence-corrected chi connectivity index (χ0v) is 13.3. The molecule has 1 unspecified atom stereocenters. The van der Waals surface area contributed by atoms with Crippen LogP contribution in [0.3, 0.4) is 0 Å². The summed E-state index contributed by atoms with van der Waals surface area (Å²) in [4.78, 5) is 11.9. The summed E-state index contributed by atoms with van der Waals surface area (Å²) in [6.45, 7) is 6.81. The second-order valence-corrected chi connectivity index (χ2v) is 9.93. The van der Waals surface area contributed by atoms with Crippen molar-refractivity contribution in [3.05, 3.63) is 0 Å². The summed E-state index contributed by atoms with van der Waals surface area (Å²) >= 11 is -1.33. The third-order valence-electron chi connectivity index (χ3n) is 2.91. The van der Waals surface area contributed by atoms with E-state index in [9.17, 15) is 4.79 Å². The molecule has 0 rings (SSSR count). The zero-order chi connectivity index (χ0) is 13.5. The Kier molecular flexibility index (Phi) is 7.52. The average molecular weight is 303 g/mol. The van der Waals surface area contributed by atoms with Crippen molar-refractivity contribution in [2.75, 3.05) is 6.54 Å². The van der Waals surface area contributed by atoms with Crippen LogP contribution in [0.15, 0.2) is 0 Å². The quantitative estimate of drug-likeness (QED) is 0.277. The van der Waals surface area contributed by atoms with Crippen LogP contribution in [0.2, 0.25) is 10.9 Å². The van der Waals surface area contributed by atoms with Gasteiger partial charge in [-0.05, 0) is 0 Å². The van der Waals surface area contributed by atoms with Gasteiger partial charge in [-0.25, -0.2) is 0 Å².